The summed E-state index contributed by atoms with van der Waals surface area (Å²) in [6, 6.07) is 6.46. The lowest BCUT2D eigenvalue weighted by Crippen LogP contribution is -2.02. The van der Waals surface area contributed by atoms with Crippen molar-refractivity contribution in [2.75, 3.05) is 0 Å². The normalized spacial score (nSPS) is 11.6. The van der Waals surface area contributed by atoms with Crippen molar-refractivity contribution in [1.82, 2.24) is 0 Å². The van der Waals surface area contributed by atoms with Gasteiger partial charge in [-0.15, -0.1) is 4.33 Å². The molecule has 0 unspecified atom stereocenters. The minimum Gasteiger partial charge on any atom is -0.282 e. The maximum atomic E-state index is 11.5. The first-order valence-corrected chi connectivity index (χ1v) is 9.19. The van der Waals surface area contributed by atoms with Crippen molar-refractivity contribution in [1.29, 1.82) is 0 Å². The van der Waals surface area contributed by atoms with Crippen molar-refractivity contribution in [2.45, 2.75) is 9.79 Å². The molecular formula is C14H10N2O10S2. The van der Waals surface area contributed by atoms with Gasteiger partial charge in [-0.2, -0.15) is 8.42 Å². The summed E-state index contributed by atoms with van der Waals surface area (Å²) in [6.07, 6.45) is 2.54. The quantitative estimate of drug-likeness (QED) is 0.156. The molecule has 0 heterocycles. The zero-order valence-corrected chi connectivity index (χ0v) is 15.1. The average molecular weight is 430 g/mol. The first-order chi connectivity index (χ1) is 13.1. The number of nitrogens with zero attached hydrogens (tertiary/aromatic N) is 2. The molecule has 148 valence electrons. The highest BCUT2D eigenvalue weighted by Crippen LogP contribution is 2.30. The molecule has 0 aromatic heterocycles. The van der Waals surface area contributed by atoms with E-state index >= 15 is 0 Å². The second-order valence-corrected chi connectivity index (χ2v) is 7.13. The summed E-state index contributed by atoms with van der Waals surface area (Å²) in [4.78, 5) is 19.6. The summed E-state index contributed by atoms with van der Waals surface area (Å²) >= 11 is 0.445. The van der Waals surface area contributed by atoms with Crippen LogP contribution in [0.5, 0.6) is 0 Å². The summed E-state index contributed by atoms with van der Waals surface area (Å²) in [5.74, 6) is 0. The number of non-ortho nitro benzene ring substituents is 2. The van der Waals surface area contributed by atoms with Crippen LogP contribution >= 0.6 is 12.0 Å². The van der Waals surface area contributed by atoms with Crippen molar-refractivity contribution in [3.63, 3.8) is 0 Å². The molecular weight excluding hydrogens is 420 g/mol. The number of hydrogen-bond donors (Lipinski definition) is 2. The lowest BCUT2D eigenvalue weighted by Gasteiger charge is -2.05. The van der Waals surface area contributed by atoms with Gasteiger partial charge in [-0.3, -0.25) is 24.8 Å². The Labute approximate surface area is 161 Å². The Hall–Kier alpha value is -2.88. The predicted molar refractivity (Wildman–Crippen MR) is 95.6 cm³/mol. The smallest absolute Gasteiger partial charge is 0.282 e. The number of nitro benzene ring substituents is 2. The number of nitro groups is 2. The molecule has 14 heteroatoms. The highest BCUT2D eigenvalue weighted by Gasteiger charge is 2.19. The summed E-state index contributed by atoms with van der Waals surface area (Å²) < 4.78 is 36.6. The van der Waals surface area contributed by atoms with E-state index in [2.05, 4.69) is 9.37 Å². The molecule has 0 bridgehead atoms. The fourth-order valence-electron chi connectivity index (χ4n) is 2.08. The van der Waals surface area contributed by atoms with Crippen LogP contribution in [0.25, 0.3) is 12.2 Å². The largest absolute Gasteiger partial charge is 0.295 e. The molecule has 0 saturated carbocycles. The molecule has 0 atom stereocenters. The third kappa shape index (κ3) is 5.32. The fourth-order valence-corrected chi connectivity index (χ4v) is 3.28. The monoisotopic (exact) mass is 430 g/mol. The zero-order chi connectivity index (χ0) is 20.9. The highest BCUT2D eigenvalue weighted by molar-refractivity contribution is 7.94. The van der Waals surface area contributed by atoms with Crippen molar-refractivity contribution < 1.29 is 37.4 Å². The molecule has 28 heavy (non-hydrogen) atoms. The topological polar surface area (TPSA) is 179 Å². The van der Waals surface area contributed by atoms with E-state index in [1.54, 1.807) is 0 Å². The molecule has 0 fully saturated rings. The van der Waals surface area contributed by atoms with E-state index in [1.165, 1.54) is 24.3 Å². The second kappa shape index (κ2) is 8.87. The van der Waals surface area contributed by atoms with Gasteiger partial charge in [-0.1, -0.05) is 17.2 Å². The molecule has 2 rings (SSSR count). The molecule has 0 aliphatic heterocycles. The van der Waals surface area contributed by atoms with Crippen LogP contribution in [0.3, 0.4) is 0 Å². The van der Waals surface area contributed by atoms with E-state index in [-0.39, 0.29) is 16.1 Å². The van der Waals surface area contributed by atoms with Crippen LogP contribution in [0.1, 0.15) is 11.1 Å². The summed E-state index contributed by atoms with van der Waals surface area (Å²) in [6.45, 7) is 0. The van der Waals surface area contributed by atoms with Gasteiger partial charge in [0.05, 0.1) is 26.8 Å². The summed E-state index contributed by atoms with van der Waals surface area (Å²) in [7, 11) is -4.76. The van der Waals surface area contributed by atoms with E-state index in [0.717, 1.165) is 18.2 Å². The molecule has 2 N–H and O–H groups in total. The molecule has 0 amide bonds. The third-order valence-electron chi connectivity index (χ3n) is 3.29. The van der Waals surface area contributed by atoms with E-state index in [9.17, 15) is 33.2 Å². The Morgan fingerprint density at radius 3 is 2.04 bits per heavy atom. The number of hydrogen-bond acceptors (Lipinski definition) is 10. The van der Waals surface area contributed by atoms with E-state index < -0.39 is 30.5 Å². The molecule has 0 aliphatic rings. The molecule has 2 aromatic carbocycles. The van der Waals surface area contributed by atoms with Gasteiger partial charge in [0.15, 0.2) is 0 Å². The van der Waals surface area contributed by atoms with Crippen molar-refractivity contribution in [3.8, 4) is 0 Å². The van der Waals surface area contributed by atoms with Crippen molar-refractivity contribution in [2.24, 2.45) is 0 Å². The lowest BCUT2D eigenvalue weighted by atomic mass is 10.1. The van der Waals surface area contributed by atoms with E-state index in [0.29, 0.717) is 23.7 Å². The van der Waals surface area contributed by atoms with Crippen LogP contribution in [0.4, 0.5) is 11.4 Å². The van der Waals surface area contributed by atoms with Gasteiger partial charge in [0.2, 0.25) is 0 Å². The average Bonchev–Trinajstić information content (AvgIpc) is 2.63. The zero-order valence-electron chi connectivity index (χ0n) is 13.5. The van der Waals surface area contributed by atoms with E-state index in [4.69, 9.17) is 5.26 Å². The molecule has 0 aliphatic carbocycles. The minimum absolute atomic E-state index is 0.0678. The highest BCUT2D eigenvalue weighted by atomic mass is 32.2. The van der Waals surface area contributed by atoms with Crippen molar-refractivity contribution in [3.05, 3.63) is 67.8 Å². The Bertz CT molecular complexity index is 1050. The van der Waals surface area contributed by atoms with Gasteiger partial charge in [-0.05, 0) is 23.3 Å². The Morgan fingerprint density at radius 1 is 0.964 bits per heavy atom. The van der Waals surface area contributed by atoms with Crippen LogP contribution in [0.15, 0.2) is 46.2 Å². The molecule has 2 aromatic rings. The van der Waals surface area contributed by atoms with Gasteiger partial charge in [-0.25, -0.2) is 5.26 Å². The van der Waals surface area contributed by atoms with Crippen LogP contribution in [-0.4, -0.2) is 28.1 Å². The molecule has 12 nitrogen and oxygen atoms in total. The van der Waals surface area contributed by atoms with Gasteiger partial charge in [0.1, 0.15) is 4.90 Å². The lowest BCUT2D eigenvalue weighted by molar-refractivity contribution is -0.432. The van der Waals surface area contributed by atoms with Gasteiger partial charge < -0.3 is 0 Å². The van der Waals surface area contributed by atoms with Crippen LogP contribution in [0, 0.1) is 20.2 Å². The first-order valence-electron chi connectivity index (χ1n) is 7.00. The Balaban J connectivity index is 2.50. The first kappa shape index (κ1) is 21.4. The SMILES string of the molecule is O=[N+]([O-])c1ccc(C=Cc2ccc([N+](=O)[O-])cc2S(=O)(=O)O)c(SOOO)c1. The van der Waals surface area contributed by atoms with Crippen molar-refractivity contribution >= 4 is 45.7 Å². The number of benzene rings is 2. The van der Waals surface area contributed by atoms with Crippen LogP contribution in [0.2, 0.25) is 0 Å². The van der Waals surface area contributed by atoms with Gasteiger partial charge in [0.25, 0.3) is 21.5 Å². The third-order valence-corrected chi connectivity index (χ3v) is 4.86. The predicted octanol–water partition coefficient (Wildman–Crippen LogP) is 3.35. The Morgan fingerprint density at radius 2 is 1.50 bits per heavy atom. The summed E-state index contributed by atoms with van der Waals surface area (Å²) in [5.41, 5.74) is -0.589. The van der Waals surface area contributed by atoms with Crippen LogP contribution in [-0.2, 0) is 19.5 Å². The standard InChI is InChI=1S/C14H10N2O10S2/c17-15(18)11-5-3-9(13(7-11)27-26-25-21)1-2-10-4-6-12(16(19)20)8-14(10)28(22,23)24/h1-8,21H,(H,22,23,24). The van der Waals surface area contributed by atoms with E-state index in [1.807, 2.05) is 0 Å². The minimum atomic E-state index is -4.76. The summed E-state index contributed by atoms with van der Waals surface area (Å²) in [5, 5.41) is 33.4. The van der Waals surface area contributed by atoms with Gasteiger partial charge in [0, 0.05) is 24.3 Å². The fraction of sp³-hybridized carbons (Fsp3) is 0. The number of rotatable bonds is 8. The molecule has 0 radical (unpaired) electrons. The molecule has 0 spiro atoms. The molecule has 0 saturated heterocycles. The van der Waals surface area contributed by atoms with Gasteiger partial charge >= 0.3 is 0 Å². The Kier molecular flexibility index (Phi) is 6.79. The maximum absolute atomic E-state index is 11.5. The maximum Gasteiger partial charge on any atom is 0.295 e. The second-order valence-electron chi connectivity index (χ2n) is 4.99. The van der Waals surface area contributed by atoms with Crippen LogP contribution < -0.4 is 0 Å².